The number of carbonyl (C=O) groups excluding carboxylic acids is 1. The highest BCUT2D eigenvalue weighted by Crippen LogP contribution is 2.37. The van der Waals surface area contributed by atoms with E-state index in [9.17, 15) is 14.7 Å². The second kappa shape index (κ2) is 8.42. The molecule has 174 valence electrons. The summed E-state index contributed by atoms with van der Waals surface area (Å²) >= 11 is 0. The first-order chi connectivity index (χ1) is 16.4. The number of β-amino-alcohol motifs (C(OH)–C–C–N with tert-alkyl or cyclic N) is 1. The Balaban J connectivity index is 1.75. The molecular formula is C25H24N4O5. The number of hydrogen-bond donors (Lipinski definition) is 1. The molecule has 4 aromatic rings. The third-order valence-electron chi connectivity index (χ3n) is 6.14. The molecule has 0 saturated carbocycles. The number of aliphatic hydroxyl groups is 1. The van der Waals surface area contributed by atoms with Crippen molar-refractivity contribution >= 4 is 16.8 Å². The van der Waals surface area contributed by atoms with Crippen molar-refractivity contribution < 1.29 is 19.2 Å². The number of carbonyl (C=O) groups is 1. The molecule has 1 N–H and O–H groups in total. The van der Waals surface area contributed by atoms with Crippen molar-refractivity contribution in [3.05, 3.63) is 75.7 Å². The summed E-state index contributed by atoms with van der Waals surface area (Å²) in [5.74, 6) is 0.797. The highest BCUT2D eigenvalue weighted by molar-refractivity contribution is 5.99. The fourth-order valence-electron chi connectivity index (χ4n) is 4.39. The maximum absolute atomic E-state index is 13.5. The van der Waals surface area contributed by atoms with Crippen LogP contribution in [0.15, 0.2) is 51.9 Å². The van der Waals surface area contributed by atoms with Crippen LogP contribution in [-0.4, -0.2) is 56.9 Å². The zero-order valence-electron chi connectivity index (χ0n) is 19.1. The first-order valence-corrected chi connectivity index (χ1v) is 10.9. The fourth-order valence-corrected chi connectivity index (χ4v) is 4.39. The van der Waals surface area contributed by atoms with Gasteiger partial charge in [-0.25, -0.2) is 0 Å². The van der Waals surface area contributed by atoms with E-state index in [4.69, 9.17) is 9.26 Å². The number of pyridine rings is 2. The average Bonchev–Trinajstić information content (AvgIpc) is 3.15. The molecule has 34 heavy (non-hydrogen) atoms. The van der Waals surface area contributed by atoms with Gasteiger partial charge in [-0.1, -0.05) is 11.2 Å². The molecule has 1 fully saturated rings. The molecule has 9 nitrogen and oxygen atoms in total. The van der Waals surface area contributed by atoms with E-state index in [0.29, 0.717) is 33.8 Å². The van der Waals surface area contributed by atoms with Crippen molar-refractivity contribution in [3.8, 4) is 16.9 Å². The van der Waals surface area contributed by atoms with Crippen LogP contribution in [0.25, 0.3) is 22.0 Å². The Kier molecular flexibility index (Phi) is 5.41. The fraction of sp³-hybridized carbons (Fsp3) is 0.280. The molecule has 0 unspecified atom stereocenters. The number of aryl methyl sites for hydroxylation is 2. The lowest BCUT2D eigenvalue weighted by Gasteiger charge is -2.35. The van der Waals surface area contributed by atoms with Crippen LogP contribution in [0, 0.1) is 13.8 Å². The Labute approximate surface area is 195 Å². The van der Waals surface area contributed by atoms with Gasteiger partial charge in [0.15, 0.2) is 0 Å². The summed E-state index contributed by atoms with van der Waals surface area (Å²) in [6, 6.07) is 10.8. The van der Waals surface area contributed by atoms with Crippen LogP contribution in [0.3, 0.4) is 0 Å². The van der Waals surface area contributed by atoms with E-state index in [-0.39, 0.29) is 25.2 Å². The van der Waals surface area contributed by atoms with Gasteiger partial charge in [0.2, 0.25) is 0 Å². The number of aromatic nitrogens is 3. The van der Waals surface area contributed by atoms with E-state index in [2.05, 4.69) is 10.1 Å². The summed E-state index contributed by atoms with van der Waals surface area (Å²) in [6.07, 6.45) is 1.10. The molecule has 1 saturated heterocycles. The van der Waals surface area contributed by atoms with E-state index in [1.165, 1.54) is 4.90 Å². The van der Waals surface area contributed by atoms with Crippen molar-refractivity contribution in [2.24, 2.45) is 0 Å². The van der Waals surface area contributed by atoms with Gasteiger partial charge in [-0.15, -0.1) is 0 Å². The molecule has 0 spiro atoms. The van der Waals surface area contributed by atoms with Gasteiger partial charge in [-0.3, -0.25) is 14.6 Å². The van der Waals surface area contributed by atoms with Crippen LogP contribution < -0.4 is 10.3 Å². The summed E-state index contributed by atoms with van der Waals surface area (Å²) in [4.78, 5) is 32.5. The van der Waals surface area contributed by atoms with E-state index < -0.39 is 17.6 Å². The van der Waals surface area contributed by atoms with E-state index >= 15 is 0 Å². The molecule has 1 aromatic carbocycles. The number of methoxy groups -OCH3 is 1. The molecule has 4 heterocycles. The van der Waals surface area contributed by atoms with Gasteiger partial charge >= 0.3 is 0 Å². The SMILES string of the molecule is COc1cc2c(cc1-c1c(C)noc1C)cc(C(=O)N1CC(O)C1)c(=O)n2Cc1ccccn1. The second-order valence-corrected chi connectivity index (χ2v) is 8.44. The molecule has 1 aliphatic heterocycles. The summed E-state index contributed by atoms with van der Waals surface area (Å²) in [5.41, 5.74) is 3.20. The molecule has 0 atom stereocenters. The van der Waals surface area contributed by atoms with Gasteiger partial charge in [0, 0.05) is 36.3 Å². The van der Waals surface area contributed by atoms with Crippen molar-refractivity contribution in [1.82, 2.24) is 19.6 Å². The van der Waals surface area contributed by atoms with Gasteiger partial charge in [-0.05, 0) is 38.1 Å². The van der Waals surface area contributed by atoms with Crippen LogP contribution in [0.1, 0.15) is 27.5 Å². The predicted octanol–water partition coefficient (Wildman–Crippen LogP) is 2.54. The standard InChI is InChI=1S/C25H24N4O5/c1-14-23(15(2)34-27-14)19-8-16-9-20(24(31)28-12-18(30)13-28)25(32)29(21(16)10-22(19)33-3)11-17-6-4-5-7-26-17/h4-10,18,30H,11-13H2,1-3H3. The number of fused-ring (bicyclic) bond motifs is 1. The molecule has 1 aliphatic rings. The minimum Gasteiger partial charge on any atom is -0.496 e. The lowest BCUT2D eigenvalue weighted by Crippen LogP contribution is -2.54. The van der Waals surface area contributed by atoms with Crippen molar-refractivity contribution in [3.63, 3.8) is 0 Å². The molecular weight excluding hydrogens is 436 g/mol. The number of hydrogen-bond acceptors (Lipinski definition) is 7. The van der Waals surface area contributed by atoms with Gasteiger partial charge in [0.05, 0.1) is 42.2 Å². The monoisotopic (exact) mass is 460 g/mol. The van der Waals surface area contributed by atoms with Crippen LogP contribution in [-0.2, 0) is 6.54 Å². The van der Waals surface area contributed by atoms with Crippen LogP contribution in [0.2, 0.25) is 0 Å². The molecule has 0 radical (unpaired) electrons. The van der Waals surface area contributed by atoms with Crippen molar-refractivity contribution in [1.29, 1.82) is 0 Å². The van der Waals surface area contributed by atoms with Gasteiger partial charge in [0.25, 0.3) is 11.5 Å². The summed E-state index contributed by atoms with van der Waals surface area (Å²) in [5, 5.41) is 14.4. The van der Waals surface area contributed by atoms with E-state index in [0.717, 1.165) is 11.1 Å². The number of nitrogens with zero attached hydrogens (tertiary/aromatic N) is 4. The molecule has 5 rings (SSSR count). The minimum absolute atomic E-state index is 0.0465. The lowest BCUT2D eigenvalue weighted by molar-refractivity contribution is 0.00575. The largest absolute Gasteiger partial charge is 0.496 e. The van der Waals surface area contributed by atoms with Gasteiger partial charge in [0.1, 0.15) is 17.1 Å². The Morgan fingerprint density at radius 2 is 2.03 bits per heavy atom. The van der Waals surface area contributed by atoms with Crippen LogP contribution >= 0.6 is 0 Å². The minimum atomic E-state index is -0.560. The Morgan fingerprint density at radius 1 is 1.24 bits per heavy atom. The Hall–Kier alpha value is -3.98. The first kappa shape index (κ1) is 21.8. The zero-order chi connectivity index (χ0) is 24.0. The normalized spacial score (nSPS) is 13.8. The highest BCUT2D eigenvalue weighted by atomic mass is 16.5. The number of aliphatic hydroxyl groups excluding tert-OH is 1. The summed E-state index contributed by atoms with van der Waals surface area (Å²) < 4.78 is 12.6. The predicted molar refractivity (Wildman–Crippen MR) is 125 cm³/mol. The smallest absolute Gasteiger partial charge is 0.264 e. The maximum atomic E-state index is 13.5. The molecule has 0 bridgehead atoms. The van der Waals surface area contributed by atoms with Gasteiger partial charge in [-0.2, -0.15) is 0 Å². The quantitative estimate of drug-likeness (QED) is 0.487. The Bertz CT molecular complexity index is 1430. The van der Waals surface area contributed by atoms with Crippen LogP contribution in [0.5, 0.6) is 5.75 Å². The average molecular weight is 460 g/mol. The second-order valence-electron chi connectivity index (χ2n) is 8.44. The van der Waals surface area contributed by atoms with Crippen molar-refractivity contribution in [2.45, 2.75) is 26.5 Å². The van der Waals surface area contributed by atoms with Crippen LogP contribution in [0.4, 0.5) is 0 Å². The lowest BCUT2D eigenvalue weighted by atomic mass is 9.99. The topological polar surface area (TPSA) is 111 Å². The highest BCUT2D eigenvalue weighted by Gasteiger charge is 2.32. The van der Waals surface area contributed by atoms with E-state index in [1.54, 1.807) is 36.1 Å². The zero-order valence-corrected chi connectivity index (χ0v) is 19.1. The molecule has 3 aromatic heterocycles. The number of rotatable bonds is 5. The third-order valence-corrected chi connectivity index (χ3v) is 6.14. The number of ether oxygens (including phenoxy) is 1. The third kappa shape index (κ3) is 3.63. The number of likely N-dealkylation sites (tertiary alicyclic amines) is 1. The number of benzene rings is 1. The number of amides is 1. The Morgan fingerprint density at radius 3 is 2.65 bits per heavy atom. The summed E-state index contributed by atoms with van der Waals surface area (Å²) in [6.45, 7) is 4.29. The van der Waals surface area contributed by atoms with Gasteiger partial charge < -0.3 is 23.8 Å². The summed E-state index contributed by atoms with van der Waals surface area (Å²) in [7, 11) is 1.57. The first-order valence-electron chi connectivity index (χ1n) is 10.9. The molecule has 1 amide bonds. The molecule has 9 heteroatoms. The van der Waals surface area contributed by atoms with E-state index in [1.807, 2.05) is 32.0 Å². The van der Waals surface area contributed by atoms with Crippen molar-refractivity contribution in [2.75, 3.05) is 20.2 Å². The molecule has 0 aliphatic carbocycles. The maximum Gasteiger partial charge on any atom is 0.264 e.